The molecule has 2 aliphatic rings. The monoisotopic (exact) mass is 388 g/mol. The molecule has 29 heavy (non-hydrogen) atoms. The first kappa shape index (κ1) is 18.1. The molecule has 2 fully saturated rings. The van der Waals surface area contributed by atoms with Gasteiger partial charge in [0.25, 0.3) is 5.56 Å². The normalized spacial score (nSPS) is 25.9. The second-order valence-corrected chi connectivity index (χ2v) is 8.34. The van der Waals surface area contributed by atoms with Crippen LogP contribution in [0, 0.1) is 11.1 Å². The molecule has 0 aliphatic carbocycles. The molecule has 0 radical (unpaired) electrons. The van der Waals surface area contributed by atoms with Crippen LogP contribution >= 0.6 is 0 Å². The van der Waals surface area contributed by atoms with Gasteiger partial charge in [-0.25, -0.2) is 0 Å². The second-order valence-electron chi connectivity index (χ2n) is 8.34. The Balaban J connectivity index is 1.36. The van der Waals surface area contributed by atoms with E-state index < -0.39 is 0 Å². The molecule has 3 aromatic rings. The highest BCUT2D eigenvalue weighted by Crippen LogP contribution is 2.37. The predicted octanol–water partition coefficient (Wildman–Crippen LogP) is 3.05. The minimum absolute atomic E-state index is 0.115. The molecule has 2 aromatic carbocycles. The number of benzene rings is 2. The summed E-state index contributed by atoms with van der Waals surface area (Å²) in [7, 11) is 1.79. The van der Waals surface area contributed by atoms with Crippen molar-refractivity contribution in [2.75, 3.05) is 31.6 Å². The van der Waals surface area contributed by atoms with Crippen LogP contribution in [0.1, 0.15) is 6.42 Å². The standard InChI is InChI=1S/C23H24N4O2/c1-27(29)15-19-12-14-25(22(19)16-27)20-8-4-17(5-9-20)18-6-10-21(11-7-18)26-23(28)3-2-13-24-26/h2-11,13,19,22H,12,14-16H2,1H3/t19-,22+,27?/m1/s1. The molecule has 2 saturated heterocycles. The fraction of sp³-hybridized carbons (Fsp3) is 0.304. The second kappa shape index (κ2) is 6.83. The van der Waals surface area contributed by atoms with Gasteiger partial charge in [-0.2, -0.15) is 9.78 Å². The number of hydrogen-bond acceptors (Lipinski definition) is 4. The molecule has 6 nitrogen and oxygen atoms in total. The predicted molar refractivity (Wildman–Crippen MR) is 114 cm³/mol. The van der Waals surface area contributed by atoms with Gasteiger partial charge in [-0.3, -0.25) is 4.79 Å². The van der Waals surface area contributed by atoms with Gasteiger partial charge in [0, 0.05) is 30.4 Å². The first-order chi connectivity index (χ1) is 14.0. The van der Waals surface area contributed by atoms with Crippen molar-refractivity contribution >= 4 is 5.69 Å². The van der Waals surface area contributed by atoms with Gasteiger partial charge < -0.3 is 14.8 Å². The molecular weight excluding hydrogens is 364 g/mol. The van der Waals surface area contributed by atoms with E-state index in [1.165, 1.54) is 16.4 Å². The summed E-state index contributed by atoms with van der Waals surface area (Å²) in [5.74, 6) is 0.514. The number of anilines is 1. The van der Waals surface area contributed by atoms with E-state index in [-0.39, 0.29) is 10.2 Å². The van der Waals surface area contributed by atoms with Gasteiger partial charge in [-0.05, 0) is 47.9 Å². The van der Waals surface area contributed by atoms with Crippen LogP contribution in [0.5, 0.6) is 0 Å². The Morgan fingerprint density at radius 3 is 2.28 bits per heavy atom. The molecule has 0 saturated carbocycles. The molecule has 0 spiro atoms. The molecule has 0 bridgehead atoms. The fourth-order valence-corrected chi connectivity index (χ4v) is 4.86. The third-order valence-corrected chi connectivity index (χ3v) is 6.24. The Kier molecular flexibility index (Phi) is 4.26. The molecule has 5 rings (SSSR count). The van der Waals surface area contributed by atoms with Crippen LogP contribution in [0.3, 0.4) is 0 Å². The zero-order chi connectivity index (χ0) is 20.0. The van der Waals surface area contributed by atoms with Crippen molar-refractivity contribution in [3.63, 3.8) is 0 Å². The van der Waals surface area contributed by atoms with Gasteiger partial charge in [0.1, 0.15) is 0 Å². The third-order valence-electron chi connectivity index (χ3n) is 6.24. The van der Waals surface area contributed by atoms with E-state index in [9.17, 15) is 10.0 Å². The zero-order valence-corrected chi connectivity index (χ0v) is 16.4. The highest BCUT2D eigenvalue weighted by atomic mass is 16.5. The molecule has 3 atom stereocenters. The molecule has 148 valence electrons. The Labute approximate surface area is 169 Å². The number of likely N-dealkylation sites (N-methyl/N-ethyl adjacent to an activating group) is 1. The summed E-state index contributed by atoms with van der Waals surface area (Å²) in [6, 6.07) is 19.9. The maximum Gasteiger partial charge on any atom is 0.271 e. The first-order valence-electron chi connectivity index (χ1n) is 10.1. The average Bonchev–Trinajstić information content (AvgIpc) is 3.24. The van der Waals surface area contributed by atoms with E-state index in [1.54, 1.807) is 19.3 Å². The summed E-state index contributed by atoms with van der Waals surface area (Å²) in [4.78, 5) is 14.3. The third kappa shape index (κ3) is 3.34. The largest absolute Gasteiger partial charge is 0.633 e. The lowest BCUT2D eigenvalue weighted by atomic mass is 10.0. The van der Waals surface area contributed by atoms with Crippen LogP contribution in [0.25, 0.3) is 16.8 Å². The van der Waals surface area contributed by atoms with Crippen LogP contribution in [-0.2, 0) is 0 Å². The first-order valence-corrected chi connectivity index (χ1v) is 10.1. The van der Waals surface area contributed by atoms with Gasteiger partial charge in [0.05, 0.1) is 31.9 Å². The minimum atomic E-state index is -0.145. The van der Waals surface area contributed by atoms with E-state index >= 15 is 0 Å². The summed E-state index contributed by atoms with van der Waals surface area (Å²) in [5.41, 5.74) is 4.01. The number of hydroxylamine groups is 3. The smallest absolute Gasteiger partial charge is 0.271 e. The van der Waals surface area contributed by atoms with Crippen LogP contribution in [-0.4, -0.2) is 47.2 Å². The van der Waals surface area contributed by atoms with E-state index in [4.69, 9.17) is 0 Å². The van der Waals surface area contributed by atoms with Crippen LogP contribution in [0.4, 0.5) is 5.69 Å². The molecule has 2 aliphatic heterocycles. The Morgan fingerprint density at radius 2 is 1.62 bits per heavy atom. The molecule has 1 unspecified atom stereocenters. The molecule has 0 N–H and O–H groups in total. The fourth-order valence-electron chi connectivity index (χ4n) is 4.86. The van der Waals surface area contributed by atoms with Crippen LogP contribution < -0.4 is 10.5 Å². The number of hydrogen-bond donors (Lipinski definition) is 0. The van der Waals surface area contributed by atoms with Gasteiger partial charge >= 0.3 is 0 Å². The van der Waals surface area contributed by atoms with Crippen molar-refractivity contribution in [2.24, 2.45) is 5.92 Å². The molecule has 1 aromatic heterocycles. The number of aromatic nitrogens is 2. The van der Waals surface area contributed by atoms with E-state index in [2.05, 4.69) is 34.3 Å². The topological polar surface area (TPSA) is 61.2 Å². The van der Waals surface area contributed by atoms with Gasteiger partial charge in [-0.1, -0.05) is 24.3 Å². The SMILES string of the molecule is C[N+]1([O-])C[C@H]2CCN(c3ccc(-c4ccc(-n5ncccc5=O)cc4)cc3)[C@H]2C1. The highest BCUT2D eigenvalue weighted by Gasteiger charge is 2.45. The molecule has 3 heterocycles. The van der Waals surface area contributed by atoms with E-state index in [0.717, 1.165) is 36.3 Å². The number of likely N-dealkylation sites (tertiary alicyclic amines) is 1. The maximum absolute atomic E-state index is 12.4. The van der Waals surface area contributed by atoms with Crippen molar-refractivity contribution in [2.45, 2.75) is 12.5 Å². The van der Waals surface area contributed by atoms with Gasteiger partial charge in [-0.15, -0.1) is 0 Å². The summed E-state index contributed by atoms with van der Waals surface area (Å²) in [6.45, 7) is 2.45. The maximum atomic E-state index is 12.4. The van der Waals surface area contributed by atoms with Crippen LogP contribution in [0.2, 0.25) is 0 Å². The van der Waals surface area contributed by atoms with Crippen molar-refractivity contribution in [3.05, 3.63) is 82.4 Å². The zero-order valence-electron chi connectivity index (χ0n) is 16.4. The number of nitrogens with zero attached hydrogens (tertiary/aromatic N) is 4. The van der Waals surface area contributed by atoms with Gasteiger partial charge in [0.15, 0.2) is 0 Å². The number of quaternary nitrogens is 1. The Bertz CT molecular complexity index is 1070. The molecule has 6 heteroatoms. The lowest BCUT2D eigenvalue weighted by Crippen LogP contribution is -2.40. The summed E-state index contributed by atoms with van der Waals surface area (Å²) >= 11 is 0. The number of rotatable bonds is 3. The van der Waals surface area contributed by atoms with E-state index in [0.29, 0.717) is 18.5 Å². The quantitative estimate of drug-likeness (QED) is 0.511. The van der Waals surface area contributed by atoms with Crippen molar-refractivity contribution < 1.29 is 4.65 Å². The number of fused-ring (bicyclic) bond motifs is 1. The van der Waals surface area contributed by atoms with Crippen molar-refractivity contribution in [1.29, 1.82) is 0 Å². The molecule has 0 amide bonds. The summed E-state index contributed by atoms with van der Waals surface area (Å²) in [5, 5.41) is 16.5. The Hall–Kier alpha value is -2.96. The van der Waals surface area contributed by atoms with Gasteiger partial charge in [0.2, 0.25) is 0 Å². The van der Waals surface area contributed by atoms with Crippen molar-refractivity contribution in [3.8, 4) is 16.8 Å². The summed E-state index contributed by atoms with van der Waals surface area (Å²) in [6.07, 6.45) is 2.71. The highest BCUT2D eigenvalue weighted by molar-refractivity contribution is 5.67. The average molecular weight is 388 g/mol. The Morgan fingerprint density at radius 1 is 0.966 bits per heavy atom. The van der Waals surface area contributed by atoms with E-state index in [1.807, 2.05) is 24.3 Å². The summed E-state index contributed by atoms with van der Waals surface area (Å²) < 4.78 is 1.27. The molecular formula is C23H24N4O2. The van der Waals surface area contributed by atoms with Crippen LogP contribution in [0.15, 0.2) is 71.7 Å². The lowest BCUT2D eigenvalue weighted by Gasteiger charge is -2.36. The van der Waals surface area contributed by atoms with Crippen molar-refractivity contribution in [1.82, 2.24) is 9.78 Å². The lowest BCUT2D eigenvalue weighted by molar-refractivity contribution is -0.849. The minimum Gasteiger partial charge on any atom is -0.633 e.